The maximum atomic E-state index is 12.9. The third-order valence-corrected chi connectivity index (χ3v) is 4.78. The van der Waals surface area contributed by atoms with Gasteiger partial charge in [0.05, 0.1) is 5.56 Å². The number of benzene rings is 3. The minimum atomic E-state index is -4.51. The minimum Gasteiger partial charge on any atom is -0.332 e. The summed E-state index contributed by atoms with van der Waals surface area (Å²) >= 11 is 5.14. The molecule has 0 atom stereocenters. The quantitative estimate of drug-likeness (QED) is 0.317. The summed E-state index contributed by atoms with van der Waals surface area (Å²) in [6.45, 7) is 1.97. The highest BCUT2D eigenvalue weighted by atomic mass is 32.1. The molecule has 174 valence electrons. The lowest BCUT2D eigenvalue weighted by atomic mass is 10.1. The molecule has 0 aliphatic rings. The van der Waals surface area contributed by atoms with Gasteiger partial charge >= 0.3 is 6.18 Å². The lowest BCUT2D eigenvalue weighted by molar-refractivity contribution is -0.137. The SMILES string of the molecule is Cc1ccc(/C=C/C(=O)NC(=S)Nc2cccc(C(=O)Nc3cccc(C(F)(F)F)c3)c2)cc1. The fourth-order valence-corrected chi connectivity index (χ4v) is 3.10. The van der Waals surface area contributed by atoms with Crippen LogP contribution in [0.25, 0.3) is 6.08 Å². The molecule has 0 aromatic heterocycles. The van der Waals surface area contributed by atoms with E-state index in [1.165, 1.54) is 30.3 Å². The van der Waals surface area contributed by atoms with Crippen molar-refractivity contribution in [2.24, 2.45) is 0 Å². The highest BCUT2D eigenvalue weighted by Crippen LogP contribution is 2.30. The van der Waals surface area contributed by atoms with Crippen molar-refractivity contribution in [3.05, 3.63) is 101 Å². The average Bonchev–Trinajstić information content (AvgIpc) is 2.78. The molecule has 2 amide bonds. The van der Waals surface area contributed by atoms with Crippen LogP contribution in [0.2, 0.25) is 0 Å². The second-order valence-electron chi connectivity index (χ2n) is 7.30. The number of carbonyl (C=O) groups excluding carboxylic acids is 2. The number of nitrogens with one attached hydrogen (secondary N) is 3. The van der Waals surface area contributed by atoms with Crippen molar-refractivity contribution in [3.63, 3.8) is 0 Å². The highest BCUT2D eigenvalue weighted by Gasteiger charge is 2.30. The maximum absolute atomic E-state index is 12.9. The van der Waals surface area contributed by atoms with Crippen LogP contribution in [0, 0.1) is 6.92 Å². The Bertz CT molecular complexity index is 1240. The molecular formula is C25H20F3N3O2S. The fraction of sp³-hybridized carbons (Fsp3) is 0.0800. The smallest absolute Gasteiger partial charge is 0.332 e. The zero-order valence-electron chi connectivity index (χ0n) is 17.9. The maximum Gasteiger partial charge on any atom is 0.416 e. The Kier molecular flexibility index (Phi) is 7.80. The van der Waals surface area contributed by atoms with Crippen LogP contribution < -0.4 is 16.0 Å². The Morgan fingerprint density at radius 3 is 2.21 bits per heavy atom. The summed E-state index contributed by atoms with van der Waals surface area (Å²) in [7, 11) is 0. The number of thiocarbonyl (C=S) groups is 1. The summed E-state index contributed by atoms with van der Waals surface area (Å²) in [5.41, 5.74) is 1.73. The molecule has 0 aliphatic heterocycles. The number of amides is 2. The molecule has 0 heterocycles. The van der Waals surface area contributed by atoms with E-state index in [-0.39, 0.29) is 16.4 Å². The Balaban J connectivity index is 1.59. The number of carbonyl (C=O) groups is 2. The van der Waals surface area contributed by atoms with Gasteiger partial charge in [-0.15, -0.1) is 0 Å². The molecule has 3 N–H and O–H groups in total. The first kappa shape index (κ1) is 24.7. The lowest BCUT2D eigenvalue weighted by Crippen LogP contribution is -2.32. The van der Waals surface area contributed by atoms with Crippen molar-refractivity contribution in [1.82, 2.24) is 5.32 Å². The average molecular weight is 484 g/mol. The van der Waals surface area contributed by atoms with Crippen LogP contribution >= 0.6 is 12.2 Å². The number of aryl methyl sites for hydroxylation is 1. The number of rotatable bonds is 5. The van der Waals surface area contributed by atoms with Crippen molar-refractivity contribution in [1.29, 1.82) is 0 Å². The number of hydrogen-bond donors (Lipinski definition) is 3. The molecule has 0 bridgehead atoms. The lowest BCUT2D eigenvalue weighted by Gasteiger charge is -2.11. The van der Waals surface area contributed by atoms with Crippen LogP contribution in [0.15, 0.2) is 78.9 Å². The summed E-state index contributed by atoms with van der Waals surface area (Å²) in [5, 5.41) is 7.77. The normalized spacial score (nSPS) is 11.2. The Labute approximate surface area is 199 Å². The molecule has 0 saturated heterocycles. The van der Waals surface area contributed by atoms with Gasteiger partial charge < -0.3 is 10.6 Å². The van der Waals surface area contributed by atoms with E-state index in [1.807, 2.05) is 31.2 Å². The van der Waals surface area contributed by atoms with Gasteiger partial charge in [-0.2, -0.15) is 13.2 Å². The van der Waals surface area contributed by atoms with Gasteiger partial charge in [0.1, 0.15) is 0 Å². The van der Waals surface area contributed by atoms with Gasteiger partial charge in [-0.25, -0.2) is 0 Å². The van der Waals surface area contributed by atoms with Crippen LogP contribution in [0.1, 0.15) is 27.0 Å². The number of anilines is 2. The predicted octanol–water partition coefficient (Wildman–Crippen LogP) is 5.79. The van der Waals surface area contributed by atoms with Gasteiger partial charge in [0.15, 0.2) is 5.11 Å². The van der Waals surface area contributed by atoms with E-state index in [2.05, 4.69) is 16.0 Å². The standard InChI is InChI=1S/C25H20F3N3O2S/c1-16-8-10-17(11-9-16)12-13-22(32)31-24(34)30-20-6-2-4-18(14-20)23(33)29-21-7-3-5-19(15-21)25(26,27)28/h2-15H,1H3,(H,29,33)(H2,30,31,32,34)/b13-12+. The van der Waals surface area contributed by atoms with E-state index in [0.717, 1.165) is 23.3 Å². The Hall–Kier alpha value is -3.98. The van der Waals surface area contributed by atoms with Gasteiger partial charge in [0.2, 0.25) is 5.91 Å². The molecule has 0 fully saturated rings. The molecule has 5 nitrogen and oxygen atoms in total. The number of halogens is 3. The predicted molar refractivity (Wildman–Crippen MR) is 130 cm³/mol. The van der Waals surface area contributed by atoms with Gasteiger partial charge in [-0.3, -0.25) is 14.9 Å². The number of hydrogen-bond acceptors (Lipinski definition) is 3. The molecule has 9 heteroatoms. The third-order valence-electron chi connectivity index (χ3n) is 4.57. The van der Waals surface area contributed by atoms with Gasteiger partial charge in [0.25, 0.3) is 5.91 Å². The van der Waals surface area contributed by atoms with E-state index in [9.17, 15) is 22.8 Å². The van der Waals surface area contributed by atoms with Crippen molar-refractivity contribution < 1.29 is 22.8 Å². The van der Waals surface area contributed by atoms with Crippen LogP contribution in [-0.4, -0.2) is 16.9 Å². The van der Waals surface area contributed by atoms with Crippen molar-refractivity contribution in [3.8, 4) is 0 Å². The second-order valence-corrected chi connectivity index (χ2v) is 7.71. The van der Waals surface area contributed by atoms with Crippen LogP contribution in [-0.2, 0) is 11.0 Å². The van der Waals surface area contributed by atoms with Crippen molar-refractivity contribution >= 4 is 46.6 Å². The molecule has 0 saturated carbocycles. The molecule has 3 rings (SSSR count). The Morgan fingerprint density at radius 1 is 0.882 bits per heavy atom. The zero-order valence-corrected chi connectivity index (χ0v) is 18.8. The second kappa shape index (κ2) is 10.8. The highest BCUT2D eigenvalue weighted by molar-refractivity contribution is 7.80. The van der Waals surface area contributed by atoms with E-state index in [0.29, 0.717) is 5.69 Å². The van der Waals surface area contributed by atoms with Crippen LogP contribution in [0.4, 0.5) is 24.5 Å². The van der Waals surface area contributed by atoms with Crippen LogP contribution in [0.3, 0.4) is 0 Å². The molecule has 0 radical (unpaired) electrons. The molecule has 34 heavy (non-hydrogen) atoms. The zero-order chi connectivity index (χ0) is 24.7. The summed E-state index contributed by atoms with van der Waals surface area (Å²) in [6, 6.07) is 18.1. The summed E-state index contributed by atoms with van der Waals surface area (Å²) in [5.74, 6) is -1.03. The van der Waals surface area contributed by atoms with E-state index >= 15 is 0 Å². The first-order chi connectivity index (χ1) is 16.1. The fourth-order valence-electron chi connectivity index (χ4n) is 2.88. The molecule has 0 unspecified atom stereocenters. The monoisotopic (exact) mass is 483 g/mol. The first-order valence-corrected chi connectivity index (χ1v) is 10.5. The van der Waals surface area contributed by atoms with E-state index in [1.54, 1.807) is 18.2 Å². The van der Waals surface area contributed by atoms with Crippen LogP contribution in [0.5, 0.6) is 0 Å². The molecule has 0 spiro atoms. The topological polar surface area (TPSA) is 70.2 Å². The minimum absolute atomic E-state index is 0.0151. The summed E-state index contributed by atoms with van der Waals surface area (Å²) < 4.78 is 38.6. The summed E-state index contributed by atoms with van der Waals surface area (Å²) in [4.78, 5) is 24.6. The first-order valence-electron chi connectivity index (χ1n) is 10.1. The van der Waals surface area contributed by atoms with Crippen molar-refractivity contribution in [2.75, 3.05) is 10.6 Å². The molecular weight excluding hydrogens is 463 g/mol. The van der Waals surface area contributed by atoms with Gasteiger partial charge in [0, 0.05) is 23.0 Å². The van der Waals surface area contributed by atoms with Crippen molar-refractivity contribution in [2.45, 2.75) is 13.1 Å². The van der Waals surface area contributed by atoms with Gasteiger partial charge in [-0.05, 0) is 67.2 Å². The van der Waals surface area contributed by atoms with E-state index in [4.69, 9.17) is 12.2 Å². The third kappa shape index (κ3) is 7.28. The Morgan fingerprint density at radius 2 is 1.53 bits per heavy atom. The summed E-state index contributed by atoms with van der Waals surface area (Å²) in [6.07, 6.45) is -1.52. The van der Waals surface area contributed by atoms with E-state index < -0.39 is 23.6 Å². The number of alkyl halides is 3. The molecule has 3 aromatic carbocycles. The molecule has 3 aromatic rings. The largest absolute Gasteiger partial charge is 0.416 e. The molecule has 0 aliphatic carbocycles. The van der Waals surface area contributed by atoms with Gasteiger partial charge in [-0.1, -0.05) is 42.0 Å².